The molecule has 2 heterocycles. The van der Waals surface area contributed by atoms with E-state index in [2.05, 4.69) is 66.3 Å². The normalized spacial score (nSPS) is 23.7. The third kappa shape index (κ3) is 7.38. The van der Waals surface area contributed by atoms with E-state index in [0.717, 1.165) is 64.7 Å². The molecule has 2 fully saturated rings. The van der Waals surface area contributed by atoms with Gasteiger partial charge in [0.25, 0.3) is 0 Å². The molecule has 1 N–H and O–H groups in total. The monoisotopic (exact) mass is 516 g/mol. The van der Waals surface area contributed by atoms with Crippen LogP contribution in [-0.2, 0) is 16.0 Å². The van der Waals surface area contributed by atoms with Crippen LogP contribution in [0.2, 0.25) is 0 Å². The van der Waals surface area contributed by atoms with Crippen LogP contribution < -0.4 is 5.32 Å². The third-order valence-electron chi connectivity index (χ3n) is 5.64. The molecule has 7 heteroatoms. The van der Waals surface area contributed by atoms with Crippen LogP contribution >= 0.6 is 24.0 Å². The number of nitrogens with one attached hydrogen (secondary N) is 1. The minimum Gasteiger partial charge on any atom is -0.375 e. The smallest absolute Gasteiger partial charge is 0.194 e. The van der Waals surface area contributed by atoms with Crippen LogP contribution in [-0.4, -0.2) is 80.4 Å². The lowest BCUT2D eigenvalue weighted by atomic mass is 10.1. The lowest BCUT2D eigenvalue weighted by Gasteiger charge is -2.37. The van der Waals surface area contributed by atoms with Crippen molar-refractivity contribution >= 4 is 29.9 Å². The molecule has 1 aromatic rings. The number of aliphatic imine (C=N–C) groups is 1. The highest BCUT2D eigenvalue weighted by Gasteiger charge is 2.32. The van der Waals surface area contributed by atoms with Crippen molar-refractivity contribution in [3.8, 4) is 0 Å². The summed E-state index contributed by atoms with van der Waals surface area (Å²) in [6.45, 7) is 10.3. The van der Waals surface area contributed by atoms with E-state index >= 15 is 0 Å². The van der Waals surface area contributed by atoms with E-state index in [9.17, 15) is 0 Å². The zero-order valence-electron chi connectivity index (χ0n) is 18.0. The second-order valence-electron chi connectivity index (χ2n) is 7.85. The predicted molar refractivity (Wildman–Crippen MR) is 129 cm³/mol. The van der Waals surface area contributed by atoms with Crippen LogP contribution in [0.1, 0.15) is 32.3 Å². The summed E-state index contributed by atoms with van der Waals surface area (Å²) < 4.78 is 11.8. The summed E-state index contributed by atoms with van der Waals surface area (Å²) in [7, 11) is 2.17. The number of nitrogens with zero attached hydrogens (tertiary/aromatic N) is 3. The Bertz CT molecular complexity index is 610. The summed E-state index contributed by atoms with van der Waals surface area (Å²) in [5.74, 6) is 0.994. The number of ether oxygens (including phenoxy) is 2. The number of morpholine rings is 1. The molecule has 2 aliphatic rings. The molecule has 3 rings (SSSR count). The molecular formula is C22H37IN4O2. The zero-order chi connectivity index (χ0) is 19.8. The van der Waals surface area contributed by atoms with E-state index in [1.165, 1.54) is 5.56 Å². The first-order chi connectivity index (χ1) is 13.7. The Labute approximate surface area is 193 Å². The highest BCUT2D eigenvalue weighted by Crippen LogP contribution is 2.21. The SMILES string of the molecule is CCNC(=NCC(C)N(C)Cc1ccccc1)N1CCOC(C2CCCO2)C1.I. The van der Waals surface area contributed by atoms with Gasteiger partial charge >= 0.3 is 0 Å². The molecule has 3 atom stereocenters. The minimum absolute atomic E-state index is 0. The van der Waals surface area contributed by atoms with Crippen LogP contribution in [0.5, 0.6) is 0 Å². The molecule has 0 saturated carbocycles. The maximum absolute atomic E-state index is 5.99. The van der Waals surface area contributed by atoms with Crippen LogP contribution in [0.15, 0.2) is 35.3 Å². The Kier molecular flexibility index (Phi) is 10.7. The zero-order valence-corrected chi connectivity index (χ0v) is 20.4. The summed E-state index contributed by atoms with van der Waals surface area (Å²) in [6, 6.07) is 11.0. The molecular weight excluding hydrogens is 479 g/mol. The molecule has 0 spiro atoms. The largest absolute Gasteiger partial charge is 0.375 e. The van der Waals surface area contributed by atoms with Gasteiger partial charge in [-0.25, -0.2) is 0 Å². The van der Waals surface area contributed by atoms with Crippen molar-refractivity contribution in [1.82, 2.24) is 15.1 Å². The van der Waals surface area contributed by atoms with Crippen LogP contribution in [0, 0.1) is 0 Å². The van der Waals surface area contributed by atoms with Gasteiger partial charge in [0, 0.05) is 38.8 Å². The van der Waals surface area contributed by atoms with Crippen molar-refractivity contribution in [2.75, 3.05) is 46.4 Å². The Morgan fingerprint density at radius 1 is 1.24 bits per heavy atom. The minimum atomic E-state index is 0. The summed E-state index contributed by atoms with van der Waals surface area (Å²) in [5, 5.41) is 3.47. The second kappa shape index (κ2) is 12.7. The van der Waals surface area contributed by atoms with Crippen molar-refractivity contribution in [3.63, 3.8) is 0 Å². The number of hydrogen-bond acceptors (Lipinski definition) is 4. The lowest BCUT2D eigenvalue weighted by Crippen LogP contribution is -2.53. The van der Waals surface area contributed by atoms with Gasteiger partial charge in [0.15, 0.2) is 5.96 Å². The van der Waals surface area contributed by atoms with Gasteiger partial charge in [-0.15, -0.1) is 24.0 Å². The Morgan fingerprint density at radius 3 is 2.69 bits per heavy atom. The Balaban J connectivity index is 0.00000300. The van der Waals surface area contributed by atoms with Crippen molar-refractivity contribution in [2.24, 2.45) is 4.99 Å². The Hall–Kier alpha value is -0.900. The fourth-order valence-electron chi connectivity index (χ4n) is 3.80. The first-order valence-electron chi connectivity index (χ1n) is 10.7. The maximum atomic E-state index is 5.99. The number of likely N-dealkylation sites (N-methyl/N-ethyl adjacent to an activating group) is 1. The molecule has 6 nitrogen and oxygen atoms in total. The number of rotatable bonds is 7. The van der Waals surface area contributed by atoms with Gasteiger partial charge in [0.2, 0.25) is 0 Å². The molecule has 0 aliphatic carbocycles. The highest BCUT2D eigenvalue weighted by molar-refractivity contribution is 14.0. The second-order valence-corrected chi connectivity index (χ2v) is 7.85. The van der Waals surface area contributed by atoms with Gasteiger partial charge in [-0.3, -0.25) is 9.89 Å². The highest BCUT2D eigenvalue weighted by atomic mass is 127. The van der Waals surface area contributed by atoms with Gasteiger partial charge in [-0.1, -0.05) is 30.3 Å². The van der Waals surface area contributed by atoms with Crippen molar-refractivity contribution in [2.45, 2.75) is 51.5 Å². The molecule has 0 amide bonds. The number of guanidine groups is 1. The first-order valence-corrected chi connectivity index (χ1v) is 10.7. The third-order valence-corrected chi connectivity index (χ3v) is 5.64. The average Bonchev–Trinajstić information content (AvgIpc) is 3.26. The van der Waals surface area contributed by atoms with Crippen molar-refractivity contribution in [3.05, 3.63) is 35.9 Å². The van der Waals surface area contributed by atoms with Crippen LogP contribution in [0.25, 0.3) is 0 Å². The van der Waals surface area contributed by atoms with E-state index in [1.54, 1.807) is 0 Å². The molecule has 1 aromatic carbocycles. The first kappa shape index (κ1) is 24.4. The molecule has 0 bridgehead atoms. The summed E-state index contributed by atoms with van der Waals surface area (Å²) >= 11 is 0. The topological polar surface area (TPSA) is 49.3 Å². The summed E-state index contributed by atoms with van der Waals surface area (Å²) in [6.07, 6.45) is 2.64. The number of benzene rings is 1. The van der Waals surface area contributed by atoms with Gasteiger partial charge < -0.3 is 19.7 Å². The number of halogens is 1. The lowest BCUT2D eigenvalue weighted by molar-refractivity contribution is -0.0817. The van der Waals surface area contributed by atoms with E-state index in [0.29, 0.717) is 6.04 Å². The van der Waals surface area contributed by atoms with Crippen molar-refractivity contribution < 1.29 is 9.47 Å². The maximum Gasteiger partial charge on any atom is 0.194 e. The summed E-state index contributed by atoms with van der Waals surface area (Å²) in [5.41, 5.74) is 1.33. The van der Waals surface area contributed by atoms with Crippen LogP contribution in [0.3, 0.4) is 0 Å². The predicted octanol–water partition coefficient (Wildman–Crippen LogP) is 2.97. The standard InChI is InChI=1S/C22H36N4O2.HI/c1-4-23-22(26-12-14-28-21(17-26)20-11-8-13-27-20)24-15-18(2)25(3)16-19-9-6-5-7-10-19;/h5-7,9-10,18,20-21H,4,8,11-17H2,1-3H3,(H,23,24);1H. The van der Waals surface area contributed by atoms with Gasteiger partial charge in [0.05, 0.1) is 19.3 Å². The molecule has 0 radical (unpaired) electrons. The Morgan fingerprint density at radius 2 is 2.00 bits per heavy atom. The quantitative estimate of drug-likeness (QED) is 0.343. The molecule has 2 saturated heterocycles. The van der Waals surface area contributed by atoms with Gasteiger partial charge in [0.1, 0.15) is 6.10 Å². The molecule has 29 heavy (non-hydrogen) atoms. The molecule has 164 valence electrons. The van der Waals surface area contributed by atoms with Gasteiger partial charge in [-0.05, 0) is 39.3 Å². The van der Waals surface area contributed by atoms with E-state index in [1.807, 2.05) is 0 Å². The van der Waals surface area contributed by atoms with E-state index in [4.69, 9.17) is 14.5 Å². The van der Waals surface area contributed by atoms with Gasteiger partial charge in [-0.2, -0.15) is 0 Å². The van der Waals surface area contributed by atoms with E-state index in [-0.39, 0.29) is 36.2 Å². The van der Waals surface area contributed by atoms with Crippen LogP contribution in [0.4, 0.5) is 0 Å². The molecule has 0 aromatic heterocycles. The fourth-order valence-corrected chi connectivity index (χ4v) is 3.80. The summed E-state index contributed by atoms with van der Waals surface area (Å²) in [4.78, 5) is 9.65. The average molecular weight is 516 g/mol. The molecule has 3 unspecified atom stereocenters. The number of hydrogen-bond donors (Lipinski definition) is 1. The fraction of sp³-hybridized carbons (Fsp3) is 0.682. The molecule has 2 aliphatic heterocycles. The van der Waals surface area contributed by atoms with E-state index < -0.39 is 0 Å². The van der Waals surface area contributed by atoms with Crippen molar-refractivity contribution in [1.29, 1.82) is 0 Å².